The molecule has 0 aliphatic carbocycles. The molecule has 0 saturated carbocycles. The zero-order chi connectivity index (χ0) is 19.6. The smallest absolute Gasteiger partial charge is 0.265 e. The van der Waals surface area contributed by atoms with Gasteiger partial charge in [-0.05, 0) is 68.8 Å². The average Bonchev–Trinajstić information content (AvgIpc) is 2.96. The number of benzene rings is 2. The average molecular weight is 401 g/mol. The Labute approximate surface area is 163 Å². The summed E-state index contributed by atoms with van der Waals surface area (Å²) in [7, 11) is -3.65. The van der Waals surface area contributed by atoms with Crippen LogP contribution in [0.5, 0.6) is 0 Å². The third kappa shape index (κ3) is 4.56. The highest BCUT2D eigenvalue weighted by Gasteiger charge is 2.14. The van der Waals surface area contributed by atoms with E-state index in [9.17, 15) is 13.2 Å². The Morgan fingerprint density at radius 2 is 1.48 bits per heavy atom. The minimum atomic E-state index is -3.65. The third-order valence-electron chi connectivity index (χ3n) is 4.12. The highest BCUT2D eigenvalue weighted by molar-refractivity contribution is 7.92. The van der Waals surface area contributed by atoms with Crippen molar-refractivity contribution in [1.82, 2.24) is 0 Å². The first-order valence-corrected chi connectivity index (χ1v) is 10.6. The Morgan fingerprint density at radius 3 is 2.04 bits per heavy atom. The van der Waals surface area contributed by atoms with Crippen LogP contribution in [0.2, 0.25) is 0 Å². The third-order valence-corrected chi connectivity index (χ3v) is 6.66. The number of hydrogen-bond donors (Lipinski definition) is 2. The number of nitrogens with one attached hydrogen (secondary N) is 2. The van der Waals surface area contributed by atoms with Crippen LogP contribution in [0, 0.1) is 20.8 Å². The van der Waals surface area contributed by atoms with Gasteiger partial charge in [-0.25, -0.2) is 8.42 Å². The monoisotopic (exact) mass is 400 g/mol. The lowest BCUT2D eigenvalue weighted by molar-refractivity contribution is 0.103. The predicted octanol–water partition coefficient (Wildman–Crippen LogP) is 4.73. The molecule has 0 aliphatic rings. The number of hydrogen-bond acceptors (Lipinski definition) is 4. The summed E-state index contributed by atoms with van der Waals surface area (Å²) >= 11 is 1.45. The predicted molar refractivity (Wildman–Crippen MR) is 110 cm³/mol. The van der Waals surface area contributed by atoms with Crippen LogP contribution in [0.25, 0.3) is 0 Å². The fourth-order valence-corrected chi connectivity index (χ4v) is 4.42. The van der Waals surface area contributed by atoms with Gasteiger partial charge < -0.3 is 5.32 Å². The van der Waals surface area contributed by atoms with Crippen LogP contribution in [0.15, 0.2) is 59.5 Å². The quantitative estimate of drug-likeness (QED) is 0.650. The molecule has 2 N–H and O–H groups in total. The first-order chi connectivity index (χ1) is 12.7. The number of carbonyl (C=O) groups excluding carboxylic acids is 1. The molecule has 3 aromatic rings. The molecule has 7 heteroatoms. The number of carbonyl (C=O) groups is 1. The molecule has 1 aromatic heterocycles. The van der Waals surface area contributed by atoms with Crippen molar-refractivity contribution in [3.05, 3.63) is 75.5 Å². The van der Waals surface area contributed by atoms with E-state index in [1.165, 1.54) is 11.3 Å². The van der Waals surface area contributed by atoms with Crippen LogP contribution in [0.4, 0.5) is 11.4 Å². The highest BCUT2D eigenvalue weighted by Crippen LogP contribution is 2.23. The van der Waals surface area contributed by atoms with Gasteiger partial charge in [0.15, 0.2) is 0 Å². The second-order valence-electron chi connectivity index (χ2n) is 6.30. The van der Waals surface area contributed by atoms with Crippen molar-refractivity contribution in [2.75, 3.05) is 10.0 Å². The molecule has 0 spiro atoms. The lowest BCUT2D eigenvalue weighted by atomic mass is 10.2. The van der Waals surface area contributed by atoms with Crippen molar-refractivity contribution in [2.45, 2.75) is 25.7 Å². The van der Waals surface area contributed by atoms with E-state index in [0.29, 0.717) is 16.3 Å². The molecule has 0 fully saturated rings. The van der Waals surface area contributed by atoms with E-state index in [1.54, 1.807) is 48.5 Å². The van der Waals surface area contributed by atoms with Gasteiger partial charge in [0.2, 0.25) is 0 Å². The first-order valence-electron chi connectivity index (χ1n) is 8.32. The number of sulfonamides is 1. The SMILES string of the molecule is Cc1ccc(S(=O)(=O)Nc2ccc(NC(=O)c3cc(C)c(C)s3)cc2)cc1. The molecule has 0 bridgehead atoms. The van der Waals surface area contributed by atoms with Crippen LogP contribution in [0.1, 0.15) is 25.7 Å². The van der Waals surface area contributed by atoms with Crippen LogP contribution in [-0.4, -0.2) is 14.3 Å². The number of aryl methyl sites for hydroxylation is 3. The van der Waals surface area contributed by atoms with Crippen LogP contribution in [-0.2, 0) is 10.0 Å². The topological polar surface area (TPSA) is 75.3 Å². The molecular formula is C20H20N2O3S2. The van der Waals surface area contributed by atoms with E-state index >= 15 is 0 Å². The molecule has 27 heavy (non-hydrogen) atoms. The summed E-state index contributed by atoms with van der Waals surface area (Å²) in [6.07, 6.45) is 0. The molecule has 2 aromatic carbocycles. The van der Waals surface area contributed by atoms with E-state index in [4.69, 9.17) is 0 Å². The van der Waals surface area contributed by atoms with Crippen LogP contribution in [0.3, 0.4) is 0 Å². The van der Waals surface area contributed by atoms with Gasteiger partial charge >= 0.3 is 0 Å². The van der Waals surface area contributed by atoms with Crippen LogP contribution >= 0.6 is 11.3 Å². The molecule has 0 aliphatic heterocycles. The van der Waals surface area contributed by atoms with Crippen molar-refractivity contribution in [3.8, 4) is 0 Å². The molecule has 0 radical (unpaired) electrons. The summed E-state index contributed by atoms with van der Waals surface area (Å²) in [4.78, 5) is 14.3. The molecule has 140 valence electrons. The van der Waals surface area contributed by atoms with Gasteiger partial charge in [0.05, 0.1) is 9.77 Å². The molecular weight excluding hydrogens is 380 g/mol. The van der Waals surface area contributed by atoms with E-state index in [1.807, 2.05) is 26.8 Å². The van der Waals surface area contributed by atoms with Crippen LogP contribution < -0.4 is 10.0 Å². The Bertz CT molecular complexity index is 1050. The van der Waals surface area contributed by atoms with Crippen molar-refractivity contribution in [3.63, 3.8) is 0 Å². The molecule has 0 saturated heterocycles. The van der Waals surface area contributed by atoms with Crippen molar-refractivity contribution < 1.29 is 13.2 Å². The largest absolute Gasteiger partial charge is 0.321 e. The van der Waals surface area contributed by atoms with E-state index in [2.05, 4.69) is 10.0 Å². The van der Waals surface area contributed by atoms with Gasteiger partial charge in [-0.3, -0.25) is 9.52 Å². The summed E-state index contributed by atoms with van der Waals surface area (Å²) in [5.74, 6) is -0.177. The Balaban J connectivity index is 1.69. The highest BCUT2D eigenvalue weighted by atomic mass is 32.2. The summed E-state index contributed by atoms with van der Waals surface area (Å²) in [6, 6.07) is 15.1. The van der Waals surface area contributed by atoms with E-state index < -0.39 is 10.0 Å². The standard InChI is InChI=1S/C20H20N2O3S2/c1-13-4-10-18(11-5-13)27(24,25)22-17-8-6-16(7-9-17)21-20(23)19-12-14(2)15(3)26-19/h4-12,22H,1-3H3,(H,21,23). The maximum Gasteiger partial charge on any atom is 0.265 e. The lowest BCUT2D eigenvalue weighted by Gasteiger charge is -2.09. The van der Waals surface area contributed by atoms with Crippen molar-refractivity contribution in [2.24, 2.45) is 0 Å². The van der Waals surface area contributed by atoms with Gasteiger partial charge in [-0.1, -0.05) is 17.7 Å². The fraction of sp³-hybridized carbons (Fsp3) is 0.150. The van der Waals surface area contributed by atoms with E-state index in [0.717, 1.165) is 16.0 Å². The number of amides is 1. The Morgan fingerprint density at radius 1 is 0.889 bits per heavy atom. The molecule has 3 rings (SSSR count). The molecule has 5 nitrogen and oxygen atoms in total. The second-order valence-corrected chi connectivity index (χ2v) is 9.24. The minimum Gasteiger partial charge on any atom is -0.321 e. The summed E-state index contributed by atoms with van der Waals surface area (Å²) in [6.45, 7) is 5.85. The molecule has 0 atom stereocenters. The maximum atomic E-state index is 12.4. The van der Waals surface area contributed by atoms with Crippen molar-refractivity contribution in [1.29, 1.82) is 0 Å². The summed E-state index contributed by atoms with van der Waals surface area (Å²) < 4.78 is 27.4. The van der Waals surface area contributed by atoms with Gasteiger partial charge in [0.1, 0.15) is 0 Å². The lowest BCUT2D eigenvalue weighted by Crippen LogP contribution is -2.13. The van der Waals surface area contributed by atoms with Gasteiger partial charge in [0.25, 0.3) is 15.9 Å². The maximum absolute atomic E-state index is 12.4. The van der Waals surface area contributed by atoms with Gasteiger partial charge in [-0.15, -0.1) is 11.3 Å². The Kier molecular flexibility index (Phi) is 5.34. The van der Waals surface area contributed by atoms with Gasteiger partial charge in [-0.2, -0.15) is 0 Å². The Hall–Kier alpha value is -2.64. The fourth-order valence-electron chi connectivity index (χ4n) is 2.43. The number of rotatable bonds is 5. The number of anilines is 2. The second kappa shape index (κ2) is 7.54. The summed E-state index contributed by atoms with van der Waals surface area (Å²) in [5.41, 5.74) is 3.11. The zero-order valence-electron chi connectivity index (χ0n) is 15.2. The number of thiophene rings is 1. The summed E-state index contributed by atoms with van der Waals surface area (Å²) in [5, 5.41) is 2.82. The molecule has 0 unspecified atom stereocenters. The van der Waals surface area contributed by atoms with E-state index in [-0.39, 0.29) is 10.8 Å². The molecule has 1 heterocycles. The van der Waals surface area contributed by atoms with Crippen molar-refractivity contribution >= 4 is 38.6 Å². The van der Waals surface area contributed by atoms with Gasteiger partial charge in [0, 0.05) is 16.3 Å². The molecule has 1 amide bonds. The minimum absolute atomic E-state index is 0.177. The first kappa shape index (κ1) is 19.1. The normalized spacial score (nSPS) is 11.2. The zero-order valence-corrected chi connectivity index (χ0v) is 16.9.